The lowest BCUT2D eigenvalue weighted by molar-refractivity contribution is -0.125. The van der Waals surface area contributed by atoms with E-state index in [9.17, 15) is 18.0 Å². The molecule has 1 fully saturated rings. The van der Waals surface area contributed by atoms with Crippen molar-refractivity contribution in [2.45, 2.75) is 37.2 Å². The standard InChI is InChI=1S/C29H29BrClN3O5S/c1-2-39-26-12-7-22(30)15-27(26)40(37,38)34-18-21-6-4-3-5-20(21)14-25(34)29(36)32-16-19-13-28(35)33(17-19)24-10-8-23(31)9-11-24/h3-12,15,19,25H,2,13-14,16-18H2,1H3,(H,32,36). The molecule has 0 radical (unpaired) electrons. The van der Waals surface area contributed by atoms with Crippen LogP contribution in [-0.2, 0) is 32.6 Å². The van der Waals surface area contributed by atoms with E-state index < -0.39 is 22.0 Å². The van der Waals surface area contributed by atoms with Gasteiger partial charge in [0.1, 0.15) is 16.7 Å². The first-order valence-corrected chi connectivity index (χ1v) is 15.6. The molecule has 2 amide bonds. The van der Waals surface area contributed by atoms with Crippen molar-refractivity contribution in [3.63, 3.8) is 0 Å². The molecule has 0 saturated carbocycles. The molecule has 0 spiro atoms. The summed E-state index contributed by atoms with van der Waals surface area (Å²) in [6.45, 7) is 2.84. The topological polar surface area (TPSA) is 96.0 Å². The van der Waals surface area contributed by atoms with Gasteiger partial charge in [0, 0.05) is 47.2 Å². The molecule has 8 nitrogen and oxygen atoms in total. The number of amides is 2. The molecule has 2 aliphatic rings. The maximum atomic E-state index is 14.1. The zero-order valence-corrected chi connectivity index (χ0v) is 25.0. The molecule has 1 saturated heterocycles. The van der Waals surface area contributed by atoms with Crippen LogP contribution < -0.4 is 15.0 Å². The number of ether oxygens (including phenoxy) is 1. The van der Waals surface area contributed by atoms with Crippen molar-refractivity contribution in [2.75, 3.05) is 24.6 Å². The molecule has 40 heavy (non-hydrogen) atoms. The number of fused-ring (bicyclic) bond motifs is 1. The van der Waals surface area contributed by atoms with E-state index in [1.165, 1.54) is 10.4 Å². The number of carbonyl (C=O) groups excluding carboxylic acids is 2. The molecule has 2 unspecified atom stereocenters. The zero-order valence-electron chi connectivity index (χ0n) is 21.8. The number of carbonyl (C=O) groups is 2. The molecule has 3 aromatic rings. The Morgan fingerprint density at radius 2 is 1.80 bits per heavy atom. The summed E-state index contributed by atoms with van der Waals surface area (Å²) in [7, 11) is -4.12. The second kappa shape index (κ2) is 11.9. The van der Waals surface area contributed by atoms with E-state index in [1.807, 2.05) is 24.3 Å². The molecule has 3 aromatic carbocycles. The van der Waals surface area contributed by atoms with Gasteiger partial charge in [-0.25, -0.2) is 8.42 Å². The molecule has 1 N–H and O–H groups in total. The highest BCUT2D eigenvalue weighted by molar-refractivity contribution is 9.10. The Balaban J connectivity index is 1.37. The van der Waals surface area contributed by atoms with Gasteiger partial charge in [-0.05, 0) is 66.9 Å². The van der Waals surface area contributed by atoms with E-state index in [1.54, 1.807) is 48.2 Å². The summed E-state index contributed by atoms with van der Waals surface area (Å²) in [5.41, 5.74) is 2.53. The molecule has 2 heterocycles. The molecule has 5 rings (SSSR count). The van der Waals surface area contributed by atoms with Gasteiger partial charge < -0.3 is 15.0 Å². The summed E-state index contributed by atoms with van der Waals surface area (Å²) in [6.07, 6.45) is 0.522. The molecule has 0 bridgehead atoms. The lowest BCUT2D eigenvalue weighted by atomic mass is 9.95. The third kappa shape index (κ3) is 5.90. The molecule has 0 aromatic heterocycles. The Labute approximate surface area is 247 Å². The minimum absolute atomic E-state index is 0.000835. The van der Waals surface area contributed by atoms with Gasteiger partial charge in [-0.15, -0.1) is 0 Å². The average molecular weight is 647 g/mol. The minimum atomic E-state index is -4.12. The van der Waals surface area contributed by atoms with Crippen LogP contribution in [0.1, 0.15) is 24.5 Å². The highest BCUT2D eigenvalue weighted by atomic mass is 79.9. The third-order valence-corrected chi connectivity index (χ3v) is 9.83. The smallest absolute Gasteiger partial charge is 0.247 e. The minimum Gasteiger partial charge on any atom is -0.492 e. The van der Waals surface area contributed by atoms with E-state index in [2.05, 4.69) is 21.2 Å². The number of rotatable bonds is 8. The largest absolute Gasteiger partial charge is 0.492 e. The Morgan fingerprint density at radius 3 is 2.52 bits per heavy atom. The fraction of sp³-hybridized carbons (Fsp3) is 0.310. The second-order valence-corrected chi connectivity index (χ2v) is 13.1. The number of benzene rings is 3. The summed E-state index contributed by atoms with van der Waals surface area (Å²) in [6, 6.07) is 18.5. The molecular weight excluding hydrogens is 618 g/mol. The lowest BCUT2D eigenvalue weighted by Crippen LogP contribution is -2.53. The van der Waals surface area contributed by atoms with E-state index >= 15 is 0 Å². The van der Waals surface area contributed by atoms with Gasteiger partial charge in [0.15, 0.2) is 0 Å². The van der Waals surface area contributed by atoms with Gasteiger partial charge in [0.2, 0.25) is 21.8 Å². The van der Waals surface area contributed by atoms with Gasteiger partial charge in [-0.2, -0.15) is 4.31 Å². The molecule has 11 heteroatoms. The Hall–Kier alpha value is -2.92. The van der Waals surface area contributed by atoms with Crippen molar-refractivity contribution in [3.8, 4) is 5.75 Å². The molecular formula is C29H29BrClN3O5S. The first-order chi connectivity index (χ1) is 19.2. The van der Waals surface area contributed by atoms with E-state index in [-0.39, 0.29) is 48.4 Å². The van der Waals surface area contributed by atoms with Crippen molar-refractivity contribution in [3.05, 3.63) is 87.4 Å². The quantitative estimate of drug-likeness (QED) is 0.380. The first kappa shape index (κ1) is 28.6. The number of hydrogen-bond donors (Lipinski definition) is 1. The molecule has 2 aliphatic heterocycles. The van der Waals surface area contributed by atoms with Crippen molar-refractivity contribution in [1.29, 1.82) is 0 Å². The summed E-state index contributed by atoms with van der Waals surface area (Å²) < 4.78 is 35.6. The van der Waals surface area contributed by atoms with E-state index in [4.69, 9.17) is 16.3 Å². The monoisotopic (exact) mass is 645 g/mol. The first-order valence-electron chi connectivity index (χ1n) is 13.0. The molecule has 2 atom stereocenters. The summed E-state index contributed by atoms with van der Waals surface area (Å²) >= 11 is 9.35. The average Bonchev–Trinajstić information content (AvgIpc) is 3.32. The summed E-state index contributed by atoms with van der Waals surface area (Å²) in [5.74, 6) is -0.308. The van der Waals surface area contributed by atoms with Crippen LogP contribution in [0.25, 0.3) is 0 Å². The van der Waals surface area contributed by atoms with Crippen LogP contribution in [-0.4, -0.2) is 50.3 Å². The van der Waals surface area contributed by atoms with Crippen LogP contribution in [0.2, 0.25) is 5.02 Å². The van der Waals surface area contributed by atoms with E-state index in [0.29, 0.717) is 22.6 Å². The van der Waals surface area contributed by atoms with Gasteiger partial charge in [-0.3, -0.25) is 9.59 Å². The van der Waals surface area contributed by atoms with E-state index in [0.717, 1.165) is 16.8 Å². The Kier molecular flexibility index (Phi) is 8.51. The molecule has 210 valence electrons. The van der Waals surface area contributed by atoms with Gasteiger partial charge in [0.05, 0.1) is 6.61 Å². The normalized spacial score (nSPS) is 19.4. The highest BCUT2D eigenvalue weighted by Crippen LogP contribution is 2.35. The number of hydrogen-bond acceptors (Lipinski definition) is 5. The van der Waals surface area contributed by atoms with Crippen molar-refractivity contribution in [2.24, 2.45) is 5.92 Å². The second-order valence-electron chi connectivity index (χ2n) is 9.86. The Morgan fingerprint density at radius 1 is 1.07 bits per heavy atom. The van der Waals surface area contributed by atoms with Crippen LogP contribution in [0.4, 0.5) is 5.69 Å². The van der Waals surface area contributed by atoms with Gasteiger partial charge in [-0.1, -0.05) is 51.8 Å². The predicted octanol–water partition coefficient (Wildman–Crippen LogP) is 4.79. The SMILES string of the molecule is CCOc1ccc(Br)cc1S(=O)(=O)N1Cc2ccccc2CC1C(=O)NCC1CC(=O)N(c2ccc(Cl)cc2)C1. The van der Waals surface area contributed by atoms with Crippen molar-refractivity contribution >= 4 is 55.1 Å². The van der Waals surface area contributed by atoms with Crippen LogP contribution in [0.3, 0.4) is 0 Å². The molecule has 0 aliphatic carbocycles. The summed E-state index contributed by atoms with van der Waals surface area (Å²) in [4.78, 5) is 28.0. The number of sulfonamides is 1. The Bertz CT molecular complexity index is 1530. The fourth-order valence-electron chi connectivity index (χ4n) is 5.21. The number of halogens is 2. The number of nitrogens with one attached hydrogen (secondary N) is 1. The van der Waals surface area contributed by atoms with Gasteiger partial charge in [0.25, 0.3) is 0 Å². The van der Waals surface area contributed by atoms with Crippen LogP contribution >= 0.6 is 27.5 Å². The van der Waals surface area contributed by atoms with Crippen LogP contribution in [0.15, 0.2) is 76.1 Å². The lowest BCUT2D eigenvalue weighted by Gasteiger charge is -2.35. The summed E-state index contributed by atoms with van der Waals surface area (Å²) in [5, 5.41) is 3.53. The predicted molar refractivity (Wildman–Crippen MR) is 157 cm³/mol. The van der Waals surface area contributed by atoms with Crippen LogP contribution in [0, 0.1) is 5.92 Å². The maximum Gasteiger partial charge on any atom is 0.247 e. The zero-order chi connectivity index (χ0) is 28.4. The fourth-order valence-corrected chi connectivity index (χ4v) is 7.57. The number of anilines is 1. The third-order valence-electron chi connectivity index (χ3n) is 7.21. The maximum absolute atomic E-state index is 14.1. The van der Waals surface area contributed by atoms with Crippen molar-refractivity contribution < 1.29 is 22.7 Å². The van der Waals surface area contributed by atoms with Crippen molar-refractivity contribution in [1.82, 2.24) is 9.62 Å². The number of nitrogens with zero attached hydrogens (tertiary/aromatic N) is 2. The van der Waals surface area contributed by atoms with Gasteiger partial charge >= 0.3 is 0 Å². The van der Waals surface area contributed by atoms with Crippen LogP contribution in [0.5, 0.6) is 5.75 Å². The highest BCUT2D eigenvalue weighted by Gasteiger charge is 2.41.